The van der Waals surface area contributed by atoms with Crippen molar-refractivity contribution in [3.63, 3.8) is 0 Å². The number of amides is 1. The highest BCUT2D eigenvalue weighted by Crippen LogP contribution is 2.19. The fourth-order valence-electron chi connectivity index (χ4n) is 2.80. The summed E-state index contributed by atoms with van der Waals surface area (Å²) in [5.74, 6) is 1.54. The van der Waals surface area contributed by atoms with Gasteiger partial charge in [-0.3, -0.25) is 9.36 Å². The molecule has 1 N–H and O–H groups in total. The SMILES string of the molecule is CCCc1noc(-c2ccnc(-n3cnc(C(=O)NCCc4cccs4)c3)c2)n1. The average Bonchev–Trinajstić information content (AvgIpc) is 3.50. The minimum absolute atomic E-state index is 0.211. The van der Waals surface area contributed by atoms with Crippen molar-refractivity contribution in [2.45, 2.75) is 26.2 Å². The molecular formula is C20H20N6O2S. The maximum Gasteiger partial charge on any atom is 0.271 e. The van der Waals surface area contributed by atoms with E-state index in [9.17, 15) is 4.79 Å². The van der Waals surface area contributed by atoms with Crippen LogP contribution in [0.15, 0.2) is 52.9 Å². The second kappa shape index (κ2) is 8.78. The Bertz CT molecular complexity index is 1090. The van der Waals surface area contributed by atoms with Gasteiger partial charge in [0, 0.05) is 35.8 Å². The Balaban J connectivity index is 1.43. The average molecular weight is 408 g/mol. The van der Waals surface area contributed by atoms with Gasteiger partial charge < -0.3 is 9.84 Å². The Morgan fingerprint density at radius 1 is 1.28 bits per heavy atom. The van der Waals surface area contributed by atoms with Crippen LogP contribution in [0, 0.1) is 0 Å². The predicted octanol–water partition coefficient (Wildman–Crippen LogP) is 3.30. The smallest absolute Gasteiger partial charge is 0.271 e. The zero-order valence-corrected chi connectivity index (χ0v) is 16.7. The Morgan fingerprint density at radius 2 is 2.21 bits per heavy atom. The van der Waals surface area contributed by atoms with E-state index in [-0.39, 0.29) is 5.91 Å². The monoisotopic (exact) mass is 408 g/mol. The summed E-state index contributed by atoms with van der Waals surface area (Å²) in [5, 5.41) is 8.90. The third-order valence-corrected chi connectivity index (χ3v) is 5.19. The number of carbonyl (C=O) groups excluding carboxylic acids is 1. The molecule has 4 rings (SSSR count). The minimum Gasteiger partial charge on any atom is -0.350 e. The van der Waals surface area contributed by atoms with Crippen molar-refractivity contribution < 1.29 is 9.32 Å². The maximum atomic E-state index is 12.3. The van der Waals surface area contributed by atoms with Crippen LogP contribution < -0.4 is 5.32 Å². The van der Waals surface area contributed by atoms with Crippen LogP contribution >= 0.6 is 11.3 Å². The second-order valence-electron chi connectivity index (χ2n) is 6.42. The molecule has 0 bridgehead atoms. The number of nitrogens with one attached hydrogen (secondary N) is 1. The number of carbonyl (C=O) groups is 1. The highest BCUT2D eigenvalue weighted by Gasteiger charge is 2.13. The highest BCUT2D eigenvalue weighted by molar-refractivity contribution is 7.09. The summed E-state index contributed by atoms with van der Waals surface area (Å²) in [6.45, 7) is 2.63. The first-order valence-corrected chi connectivity index (χ1v) is 10.2. The van der Waals surface area contributed by atoms with Gasteiger partial charge in [-0.1, -0.05) is 18.1 Å². The van der Waals surface area contributed by atoms with Crippen molar-refractivity contribution in [2.24, 2.45) is 0 Å². The molecule has 148 valence electrons. The first-order valence-electron chi connectivity index (χ1n) is 9.37. The van der Waals surface area contributed by atoms with E-state index in [4.69, 9.17) is 4.52 Å². The van der Waals surface area contributed by atoms with Gasteiger partial charge in [-0.25, -0.2) is 9.97 Å². The summed E-state index contributed by atoms with van der Waals surface area (Å²) in [7, 11) is 0. The third-order valence-electron chi connectivity index (χ3n) is 4.25. The fraction of sp³-hybridized carbons (Fsp3) is 0.250. The number of aryl methyl sites for hydroxylation is 1. The molecule has 0 saturated heterocycles. The molecule has 4 aromatic rings. The van der Waals surface area contributed by atoms with E-state index in [2.05, 4.69) is 38.4 Å². The van der Waals surface area contributed by atoms with Gasteiger partial charge in [-0.05, 0) is 36.4 Å². The van der Waals surface area contributed by atoms with Gasteiger partial charge in [0.1, 0.15) is 17.8 Å². The number of aromatic nitrogens is 5. The molecule has 1 amide bonds. The molecule has 0 radical (unpaired) electrons. The lowest BCUT2D eigenvalue weighted by Crippen LogP contribution is -2.25. The largest absolute Gasteiger partial charge is 0.350 e. The van der Waals surface area contributed by atoms with E-state index in [0.717, 1.165) is 24.8 Å². The molecule has 0 aliphatic rings. The lowest BCUT2D eigenvalue weighted by atomic mass is 10.2. The molecule has 0 aliphatic heterocycles. The molecule has 0 unspecified atom stereocenters. The number of imidazole rings is 1. The predicted molar refractivity (Wildman–Crippen MR) is 109 cm³/mol. The molecule has 0 saturated carbocycles. The van der Waals surface area contributed by atoms with Crippen molar-refractivity contribution in [1.82, 2.24) is 30.0 Å². The molecule has 8 nitrogen and oxygen atoms in total. The van der Waals surface area contributed by atoms with Crippen LogP contribution in [0.5, 0.6) is 0 Å². The third kappa shape index (κ3) is 4.57. The number of thiophene rings is 1. The normalized spacial score (nSPS) is 10.9. The van der Waals surface area contributed by atoms with Gasteiger partial charge in [-0.2, -0.15) is 4.98 Å². The molecule has 0 aliphatic carbocycles. The standard InChI is InChI=1S/C20H20N6O2S/c1-2-4-17-24-20(28-25-17)14-6-8-21-18(11-14)26-12-16(23-13-26)19(27)22-9-7-15-5-3-10-29-15/h3,5-6,8,10-13H,2,4,7,9H2,1H3,(H,22,27). The second-order valence-corrected chi connectivity index (χ2v) is 7.45. The number of pyridine rings is 1. The Labute approximate surface area is 171 Å². The zero-order chi connectivity index (χ0) is 20.1. The van der Waals surface area contributed by atoms with Crippen molar-refractivity contribution in [2.75, 3.05) is 6.54 Å². The Hall–Kier alpha value is -3.33. The Kier molecular flexibility index (Phi) is 5.76. The summed E-state index contributed by atoms with van der Waals surface area (Å²) < 4.78 is 7.03. The van der Waals surface area contributed by atoms with Gasteiger partial charge in [0.05, 0.1) is 0 Å². The van der Waals surface area contributed by atoms with E-state index in [0.29, 0.717) is 29.8 Å². The molecular weight excluding hydrogens is 388 g/mol. The van der Waals surface area contributed by atoms with Gasteiger partial charge in [-0.15, -0.1) is 11.3 Å². The summed E-state index contributed by atoms with van der Waals surface area (Å²) >= 11 is 1.68. The Morgan fingerprint density at radius 3 is 3.03 bits per heavy atom. The topological polar surface area (TPSA) is 98.7 Å². The minimum atomic E-state index is -0.211. The highest BCUT2D eigenvalue weighted by atomic mass is 32.1. The van der Waals surface area contributed by atoms with Crippen LogP contribution in [0.2, 0.25) is 0 Å². The van der Waals surface area contributed by atoms with Gasteiger partial charge >= 0.3 is 0 Å². The van der Waals surface area contributed by atoms with Gasteiger partial charge in [0.15, 0.2) is 5.82 Å². The van der Waals surface area contributed by atoms with Crippen LogP contribution in [0.25, 0.3) is 17.3 Å². The van der Waals surface area contributed by atoms with Crippen molar-refractivity contribution in [3.8, 4) is 17.3 Å². The lowest BCUT2D eigenvalue weighted by molar-refractivity contribution is 0.0949. The molecule has 29 heavy (non-hydrogen) atoms. The van der Waals surface area contributed by atoms with Crippen LogP contribution in [-0.2, 0) is 12.8 Å². The molecule has 0 spiro atoms. The van der Waals surface area contributed by atoms with Crippen molar-refractivity contribution in [1.29, 1.82) is 0 Å². The number of hydrogen-bond donors (Lipinski definition) is 1. The van der Waals surface area contributed by atoms with Crippen molar-refractivity contribution >= 4 is 17.2 Å². The van der Waals surface area contributed by atoms with Crippen LogP contribution in [0.1, 0.15) is 34.5 Å². The van der Waals surface area contributed by atoms with E-state index in [1.54, 1.807) is 34.6 Å². The summed E-state index contributed by atoms with van der Waals surface area (Å²) in [5.41, 5.74) is 1.10. The van der Waals surface area contributed by atoms with E-state index < -0.39 is 0 Å². The van der Waals surface area contributed by atoms with E-state index in [1.165, 1.54) is 4.88 Å². The summed E-state index contributed by atoms with van der Waals surface area (Å²) in [6.07, 6.45) is 7.41. The van der Waals surface area contributed by atoms with Crippen LogP contribution in [0.4, 0.5) is 0 Å². The van der Waals surface area contributed by atoms with Crippen LogP contribution in [-0.4, -0.2) is 37.1 Å². The van der Waals surface area contributed by atoms with Crippen molar-refractivity contribution in [3.05, 3.63) is 64.8 Å². The number of nitrogens with zero attached hydrogens (tertiary/aromatic N) is 5. The fourth-order valence-corrected chi connectivity index (χ4v) is 3.51. The van der Waals surface area contributed by atoms with Crippen LogP contribution in [0.3, 0.4) is 0 Å². The lowest BCUT2D eigenvalue weighted by Gasteiger charge is -2.03. The zero-order valence-electron chi connectivity index (χ0n) is 15.9. The van der Waals surface area contributed by atoms with Gasteiger partial charge in [0.25, 0.3) is 11.8 Å². The first-order chi connectivity index (χ1) is 14.2. The van der Waals surface area contributed by atoms with E-state index in [1.807, 2.05) is 23.6 Å². The van der Waals surface area contributed by atoms with E-state index >= 15 is 0 Å². The molecule has 0 fully saturated rings. The first kappa shape index (κ1) is 19.0. The number of hydrogen-bond acceptors (Lipinski definition) is 7. The summed E-state index contributed by atoms with van der Waals surface area (Å²) in [4.78, 5) is 26.5. The molecule has 4 aromatic heterocycles. The maximum absolute atomic E-state index is 12.3. The molecule has 4 heterocycles. The van der Waals surface area contributed by atoms with Gasteiger partial charge in [0.2, 0.25) is 0 Å². The number of rotatable bonds is 8. The molecule has 0 atom stereocenters. The summed E-state index contributed by atoms with van der Waals surface area (Å²) in [6, 6.07) is 7.69. The molecule has 9 heteroatoms. The quantitative estimate of drug-likeness (QED) is 0.480. The molecule has 0 aromatic carbocycles.